The van der Waals surface area contributed by atoms with Crippen LogP contribution in [-0.2, 0) is 9.59 Å². The summed E-state index contributed by atoms with van der Waals surface area (Å²) in [6.45, 7) is 12.0. The maximum atomic E-state index is 12.2. The second kappa shape index (κ2) is 4.67. The highest BCUT2D eigenvalue weighted by Crippen LogP contribution is 2.28. The summed E-state index contributed by atoms with van der Waals surface area (Å²) in [5.74, 6) is -0.00502. The third-order valence-electron chi connectivity index (χ3n) is 3.68. The lowest BCUT2D eigenvalue weighted by Gasteiger charge is -2.45. The Morgan fingerprint density at radius 1 is 1.35 bits per heavy atom. The fraction of sp³-hybridized carbons (Fsp3) is 0.846. The highest BCUT2D eigenvalue weighted by atomic mass is 16.2. The number of piperazine rings is 1. The van der Waals surface area contributed by atoms with Crippen LogP contribution in [0.1, 0.15) is 48.0 Å². The predicted molar refractivity (Wildman–Crippen MR) is 67.4 cm³/mol. The summed E-state index contributed by atoms with van der Waals surface area (Å²) in [5, 5.41) is 2.74. The maximum Gasteiger partial charge on any atom is 0.245 e. The Kier molecular flexibility index (Phi) is 3.84. The largest absolute Gasteiger partial charge is 0.343 e. The van der Waals surface area contributed by atoms with Crippen LogP contribution < -0.4 is 5.32 Å². The van der Waals surface area contributed by atoms with Crippen molar-refractivity contribution in [1.29, 1.82) is 0 Å². The van der Waals surface area contributed by atoms with Crippen molar-refractivity contribution in [2.45, 2.75) is 66.1 Å². The van der Waals surface area contributed by atoms with Crippen LogP contribution in [0, 0.1) is 5.41 Å². The molecule has 0 spiro atoms. The molecule has 3 unspecified atom stereocenters. The molecule has 1 saturated heterocycles. The summed E-state index contributed by atoms with van der Waals surface area (Å²) < 4.78 is 0. The number of amides is 2. The minimum atomic E-state index is -0.407. The Morgan fingerprint density at radius 2 is 1.88 bits per heavy atom. The van der Waals surface area contributed by atoms with E-state index in [2.05, 4.69) is 26.1 Å². The Balaban J connectivity index is 3.05. The van der Waals surface area contributed by atoms with Gasteiger partial charge in [0, 0.05) is 6.04 Å². The van der Waals surface area contributed by atoms with Crippen molar-refractivity contribution in [3.63, 3.8) is 0 Å². The number of nitrogens with one attached hydrogen (secondary N) is 1. The first-order valence-electron chi connectivity index (χ1n) is 6.32. The van der Waals surface area contributed by atoms with Crippen molar-refractivity contribution in [2.24, 2.45) is 5.41 Å². The normalized spacial score (nSPS) is 28.0. The summed E-state index contributed by atoms with van der Waals surface area (Å²) in [5.41, 5.74) is -0.0274. The van der Waals surface area contributed by atoms with Crippen LogP contribution in [-0.4, -0.2) is 34.8 Å². The lowest BCUT2D eigenvalue weighted by atomic mass is 9.85. The van der Waals surface area contributed by atoms with Gasteiger partial charge in [0.05, 0.1) is 0 Å². The number of rotatable bonds is 2. The molecule has 1 N–H and O–H groups in total. The van der Waals surface area contributed by atoms with Crippen LogP contribution in [0.25, 0.3) is 0 Å². The summed E-state index contributed by atoms with van der Waals surface area (Å²) in [6.07, 6.45) is 0.657. The molecule has 1 heterocycles. The van der Waals surface area contributed by atoms with E-state index in [1.54, 1.807) is 11.8 Å². The molecule has 0 radical (unpaired) electrons. The zero-order chi connectivity index (χ0) is 13.4. The third-order valence-corrected chi connectivity index (χ3v) is 3.68. The first-order chi connectivity index (χ1) is 7.70. The smallest absolute Gasteiger partial charge is 0.245 e. The van der Waals surface area contributed by atoms with Crippen molar-refractivity contribution < 1.29 is 9.59 Å². The number of carbonyl (C=O) groups is 2. The fourth-order valence-electron chi connectivity index (χ4n) is 2.13. The minimum absolute atomic E-state index is 0.0267. The van der Waals surface area contributed by atoms with Gasteiger partial charge in [0.15, 0.2) is 0 Å². The van der Waals surface area contributed by atoms with Crippen molar-refractivity contribution in [1.82, 2.24) is 10.2 Å². The first-order valence-corrected chi connectivity index (χ1v) is 6.32. The Bertz CT molecular complexity index is 320. The molecule has 1 rings (SSSR count). The van der Waals surface area contributed by atoms with Gasteiger partial charge in [-0.1, -0.05) is 27.7 Å². The molecule has 0 aliphatic carbocycles. The van der Waals surface area contributed by atoms with E-state index in [-0.39, 0.29) is 29.3 Å². The highest BCUT2D eigenvalue weighted by molar-refractivity contribution is 5.96. The number of carbonyl (C=O) groups excluding carboxylic acids is 2. The van der Waals surface area contributed by atoms with Crippen LogP contribution >= 0.6 is 0 Å². The molecule has 17 heavy (non-hydrogen) atoms. The van der Waals surface area contributed by atoms with E-state index in [0.29, 0.717) is 6.42 Å². The predicted octanol–water partition coefficient (Wildman–Crippen LogP) is 1.55. The molecule has 0 aromatic heterocycles. The minimum Gasteiger partial charge on any atom is -0.343 e. The molecular weight excluding hydrogens is 216 g/mol. The molecule has 1 aliphatic heterocycles. The van der Waals surface area contributed by atoms with Gasteiger partial charge in [-0.25, -0.2) is 0 Å². The van der Waals surface area contributed by atoms with Crippen molar-refractivity contribution in [2.75, 3.05) is 0 Å². The van der Waals surface area contributed by atoms with E-state index in [4.69, 9.17) is 0 Å². The van der Waals surface area contributed by atoms with E-state index in [1.807, 2.05) is 13.8 Å². The van der Waals surface area contributed by atoms with Gasteiger partial charge in [-0.3, -0.25) is 9.59 Å². The van der Waals surface area contributed by atoms with E-state index < -0.39 is 6.04 Å². The zero-order valence-corrected chi connectivity index (χ0v) is 11.7. The van der Waals surface area contributed by atoms with Gasteiger partial charge >= 0.3 is 0 Å². The van der Waals surface area contributed by atoms with Gasteiger partial charge in [-0.15, -0.1) is 0 Å². The molecule has 1 aliphatic rings. The first kappa shape index (κ1) is 14.0. The summed E-state index contributed by atoms with van der Waals surface area (Å²) in [4.78, 5) is 25.9. The maximum absolute atomic E-state index is 12.2. The van der Waals surface area contributed by atoms with E-state index in [0.717, 1.165) is 0 Å². The molecule has 4 nitrogen and oxygen atoms in total. The lowest BCUT2D eigenvalue weighted by molar-refractivity contribution is -0.154. The van der Waals surface area contributed by atoms with E-state index in [9.17, 15) is 9.59 Å². The van der Waals surface area contributed by atoms with Crippen LogP contribution in [0.5, 0.6) is 0 Å². The molecule has 1 fully saturated rings. The molecule has 0 aromatic rings. The molecule has 0 saturated carbocycles. The molecule has 0 bridgehead atoms. The average molecular weight is 240 g/mol. The Hall–Kier alpha value is -1.06. The van der Waals surface area contributed by atoms with Gasteiger partial charge < -0.3 is 10.2 Å². The monoisotopic (exact) mass is 240 g/mol. The lowest BCUT2D eigenvalue weighted by Crippen LogP contribution is -2.66. The van der Waals surface area contributed by atoms with Crippen molar-refractivity contribution in [3.05, 3.63) is 0 Å². The second-order valence-corrected chi connectivity index (χ2v) is 5.94. The SMILES string of the molecule is CCC1C(=O)NC(C)C(=O)N1C(C)C(C)(C)C. The van der Waals surface area contributed by atoms with Crippen LogP contribution in [0.15, 0.2) is 0 Å². The van der Waals surface area contributed by atoms with Crippen molar-refractivity contribution >= 4 is 11.8 Å². The summed E-state index contributed by atoms with van der Waals surface area (Å²) >= 11 is 0. The molecule has 3 atom stereocenters. The van der Waals surface area contributed by atoms with Gasteiger partial charge in [0.25, 0.3) is 0 Å². The quantitative estimate of drug-likeness (QED) is 0.796. The second-order valence-electron chi connectivity index (χ2n) is 5.94. The molecule has 4 heteroatoms. The van der Waals surface area contributed by atoms with Gasteiger partial charge in [0.2, 0.25) is 11.8 Å². The van der Waals surface area contributed by atoms with Crippen LogP contribution in [0.2, 0.25) is 0 Å². The summed E-state index contributed by atoms with van der Waals surface area (Å²) in [7, 11) is 0. The van der Waals surface area contributed by atoms with Crippen LogP contribution in [0.4, 0.5) is 0 Å². The number of nitrogens with zero attached hydrogens (tertiary/aromatic N) is 1. The Morgan fingerprint density at radius 3 is 2.29 bits per heavy atom. The topological polar surface area (TPSA) is 49.4 Å². The number of hydrogen-bond donors (Lipinski definition) is 1. The van der Waals surface area contributed by atoms with Gasteiger partial charge in [0.1, 0.15) is 12.1 Å². The average Bonchev–Trinajstić information content (AvgIpc) is 2.20. The van der Waals surface area contributed by atoms with Gasteiger partial charge in [-0.05, 0) is 25.7 Å². The standard InChI is InChI=1S/C13H24N2O2/c1-7-10-11(16)14-8(2)12(17)15(10)9(3)13(4,5)6/h8-10H,7H2,1-6H3,(H,14,16). The van der Waals surface area contributed by atoms with Crippen LogP contribution in [0.3, 0.4) is 0 Å². The molecular formula is C13H24N2O2. The van der Waals surface area contributed by atoms with E-state index in [1.165, 1.54) is 0 Å². The highest BCUT2D eigenvalue weighted by Gasteiger charge is 2.42. The molecule has 98 valence electrons. The van der Waals surface area contributed by atoms with Gasteiger partial charge in [-0.2, -0.15) is 0 Å². The van der Waals surface area contributed by atoms with E-state index >= 15 is 0 Å². The Labute approximate surface area is 104 Å². The molecule has 0 aromatic carbocycles. The number of hydrogen-bond acceptors (Lipinski definition) is 2. The van der Waals surface area contributed by atoms with Crippen molar-refractivity contribution in [3.8, 4) is 0 Å². The fourth-order valence-corrected chi connectivity index (χ4v) is 2.13. The zero-order valence-electron chi connectivity index (χ0n) is 11.7. The third kappa shape index (κ3) is 2.61. The molecule has 2 amide bonds. The summed E-state index contributed by atoms with van der Waals surface area (Å²) in [6, 6.07) is -0.684.